The number of ether oxygens (including phenoxy) is 1. The molecule has 4 rings (SSSR count). The maximum Gasteiger partial charge on any atom is 0.251 e. The number of fused-ring (bicyclic) bond motifs is 2. The lowest BCUT2D eigenvalue weighted by Crippen LogP contribution is -2.35. The fraction of sp³-hybridized carbons (Fsp3) is 0.286. The summed E-state index contributed by atoms with van der Waals surface area (Å²) in [5.74, 6) is 0.667. The fourth-order valence-electron chi connectivity index (χ4n) is 3.76. The molecule has 1 aromatic rings. The third kappa shape index (κ3) is 3.12. The van der Waals surface area contributed by atoms with Crippen LogP contribution >= 0.6 is 0 Å². The fourth-order valence-corrected chi connectivity index (χ4v) is 3.76. The predicted octanol–water partition coefficient (Wildman–Crippen LogP) is 2.89. The number of allylic oxidation sites excluding steroid dienone is 3. The van der Waals surface area contributed by atoms with Crippen LogP contribution < -0.4 is 10.1 Å². The van der Waals surface area contributed by atoms with Crippen LogP contribution in [0.1, 0.15) is 24.8 Å². The minimum absolute atomic E-state index is 0.000732. The molecule has 5 heteroatoms. The summed E-state index contributed by atoms with van der Waals surface area (Å²) in [4.78, 5) is 28.7. The minimum atomic E-state index is -0.215. The van der Waals surface area contributed by atoms with E-state index >= 15 is 0 Å². The maximum atomic E-state index is 12.3. The number of methoxy groups -OCH3 is 1. The average Bonchev–Trinajstić information content (AvgIpc) is 3.13. The van der Waals surface area contributed by atoms with Gasteiger partial charge in [-0.3, -0.25) is 9.59 Å². The monoisotopic (exact) mass is 348 g/mol. The second-order valence-corrected chi connectivity index (χ2v) is 6.70. The van der Waals surface area contributed by atoms with Crippen LogP contribution in [-0.2, 0) is 16.0 Å². The van der Waals surface area contributed by atoms with E-state index in [4.69, 9.17) is 4.74 Å². The number of nitrogens with one attached hydrogen (secondary N) is 1. The van der Waals surface area contributed by atoms with Gasteiger partial charge in [0.1, 0.15) is 5.75 Å². The summed E-state index contributed by atoms with van der Waals surface area (Å²) in [7, 11) is 1.61. The molecule has 0 radical (unpaired) electrons. The van der Waals surface area contributed by atoms with Gasteiger partial charge in [-0.2, -0.15) is 0 Å². The number of carbonyl (C=O) groups is 2. The molecule has 2 amide bonds. The zero-order valence-corrected chi connectivity index (χ0v) is 14.6. The number of nitrogens with zero attached hydrogens (tertiary/aromatic N) is 1. The molecule has 1 heterocycles. The van der Waals surface area contributed by atoms with Gasteiger partial charge in [-0.15, -0.1) is 0 Å². The van der Waals surface area contributed by atoms with E-state index in [1.54, 1.807) is 7.11 Å². The van der Waals surface area contributed by atoms with Crippen LogP contribution in [0.2, 0.25) is 0 Å². The molecule has 1 aromatic carbocycles. The van der Waals surface area contributed by atoms with E-state index in [2.05, 4.69) is 10.3 Å². The van der Waals surface area contributed by atoms with E-state index in [0.29, 0.717) is 5.71 Å². The van der Waals surface area contributed by atoms with Gasteiger partial charge in [-0.25, -0.2) is 4.99 Å². The van der Waals surface area contributed by atoms with Crippen molar-refractivity contribution in [2.24, 2.45) is 10.9 Å². The number of hydrogen-bond acceptors (Lipinski definition) is 3. The average molecular weight is 348 g/mol. The van der Waals surface area contributed by atoms with Crippen LogP contribution in [0.5, 0.6) is 5.75 Å². The van der Waals surface area contributed by atoms with Crippen LogP contribution in [0.3, 0.4) is 0 Å². The second kappa shape index (κ2) is 6.75. The van der Waals surface area contributed by atoms with E-state index in [0.717, 1.165) is 41.8 Å². The van der Waals surface area contributed by atoms with Crippen molar-refractivity contribution >= 4 is 17.5 Å². The summed E-state index contributed by atoms with van der Waals surface area (Å²) in [6, 6.07) is 7.37. The first-order valence-corrected chi connectivity index (χ1v) is 8.81. The van der Waals surface area contributed by atoms with Crippen molar-refractivity contribution < 1.29 is 14.3 Å². The molecule has 1 aliphatic heterocycles. The normalized spacial score (nSPS) is 22.7. The molecule has 0 saturated heterocycles. The Hall–Kier alpha value is -2.95. The quantitative estimate of drug-likeness (QED) is 0.913. The Bertz CT molecular complexity index is 888. The van der Waals surface area contributed by atoms with Crippen molar-refractivity contribution in [3.8, 4) is 5.75 Å². The number of hydrogen-bond donors (Lipinski definition) is 1. The number of carbonyl (C=O) groups excluding carboxylic acids is 2. The molecule has 1 N–H and O–H groups in total. The third-order valence-electron chi connectivity index (χ3n) is 5.03. The van der Waals surface area contributed by atoms with E-state index < -0.39 is 0 Å². The molecule has 0 aromatic heterocycles. The molecule has 132 valence electrons. The van der Waals surface area contributed by atoms with Gasteiger partial charge >= 0.3 is 0 Å². The van der Waals surface area contributed by atoms with Crippen molar-refractivity contribution in [3.63, 3.8) is 0 Å². The van der Waals surface area contributed by atoms with Crippen LogP contribution in [-0.4, -0.2) is 24.6 Å². The first-order valence-electron chi connectivity index (χ1n) is 8.81. The zero-order valence-electron chi connectivity index (χ0n) is 14.6. The lowest BCUT2D eigenvalue weighted by Gasteiger charge is -2.28. The van der Waals surface area contributed by atoms with E-state index in [1.807, 2.05) is 42.5 Å². The Labute approximate surface area is 152 Å². The zero-order chi connectivity index (χ0) is 18.1. The molecule has 1 unspecified atom stereocenters. The number of benzene rings is 1. The summed E-state index contributed by atoms with van der Waals surface area (Å²) >= 11 is 0. The standard InChI is InChI=1S/C21H20N2O3/c1-26-15-8-5-13(6-9-15)11-20(24)22-14-7-10-17-16-3-2-4-18(16)21(25)23-19(17)12-14/h5-10,12,17H,2-4,11H2,1H3,(H,23,25). The molecule has 3 aliphatic rings. The Morgan fingerprint density at radius 1 is 1.27 bits per heavy atom. The number of rotatable bonds is 3. The van der Waals surface area contributed by atoms with E-state index in [1.165, 1.54) is 5.57 Å². The van der Waals surface area contributed by atoms with Gasteiger partial charge < -0.3 is 10.1 Å². The highest BCUT2D eigenvalue weighted by Gasteiger charge is 2.34. The molecule has 0 bridgehead atoms. The van der Waals surface area contributed by atoms with Crippen molar-refractivity contribution in [2.75, 3.05) is 7.11 Å². The molecule has 0 saturated carbocycles. The summed E-state index contributed by atoms with van der Waals surface area (Å²) in [5.41, 5.74) is 4.45. The third-order valence-corrected chi connectivity index (χ3v) is 5.03. The first kappa shape index (κ1) is 16.5. The lowest BCUT2D eigenvalue weighted by atomic mass is 9.85. The largest absolute Gasteiger partial charge is 0.497 e. The summed E-state index contributed by atoms with van der Waals surface area (Å²) in [5, 5.41) is 2.96. The first-order chi connectivity index (χ1) is 12.6. The van der Waals surface area contributed by atoms with Crippen LogP contribution in [0, 0.1) is 5.92 Å². The number of aliphatic imine (C=N–C) groups is 1. The second-order valence-electron chi connectivity index (χ2n) is 6.70. The van der Waals surface area contributed by atoms with Crippen LogP contribution in [0.4, 0.5) is 0 Å². The summed E-state index contributed by atoms with van der Waals surface area (Å²) in [6.45, 7) is 0. The van der Waals surface area contributed by atoms with Crippen LogP contribution in [0.25, 0.3) is 0 Å². The highest BCUT2D eigenvalue weighted by atomic mass is 16.5. The molecule has 2 aliphatic carbocycles. The Kier molecular flexibility index (Phi) is 4.29. The SMILES string of the molecule is COc1ccc(CC(=O)N=C2C=CC3C(=C2)NC(=O)C2=C3CCC2)cc1. The van der Waals surface area contributed by atoms with Gasteiger partial charge in [0.15, 0.2) is 0 Å². The Morgan fingerprint density at radius 2 is 2.08 bits per heavy atom. The maximum absolute atomic E-state index is 12.3. The molecular weight excluding hydrogens is 328 g/mol. The van der Waals surface area contributed by atoms with Crippen molar-refractivity contribution in [2.45, 2.75) is 25.7 Å². The lowest BCUT2D eigenvalue weighted by molar-refractivity contribution is -0.118. The molecule has 0 fully saturated rings. The predicted molar refractivity (Wildman–Crippen MR) is 98.9 cm³/mol. The molecule has 1 atom stereocenters. The highest BCUT2D eigenvalue weighted by molar-refractivity contribution is 6.11. The number of amides is 2. The Balaban J connectivity index is 1.49. The van der Waals surface area contributed by atoms with Gasteiger partial charge in [-0.1, -0.05) is 18.2 Å². The van der Waals surface area contributed by atoms with Gasteiger partial charge in [-0.05, 0) is 54.7 Å². The molecular formula is C21H20N2O3. The Morgan fingerprint density at radius 3 is 2.85 bits per heavy atom. The van der Waals surface area contributed by atoms with Crippen molar-refractivity contribution in [3.05, 3.63) is 64.9 Å². The van der Waals surface area contributed by atoms with Gasteiger partial charge in [0.2, 0.25) is 0 Å². The van der Waals surface area contributed by atoms with Crippen LogP contribution in [0.15, 0.2) is 64.3 Å². The van der Waals surface area contributed by atoms with Gasteiger partial charge in [0.25, 0.3) is 11.8 Å². The van der Waals surface area contributed by atoms with E-state index in [-0.39, 0.29) is 24.2 Å². The van der Waals surface area contributed by atoms with Crippen molar-refractivity contribution in [1.82, 2.24) is 5.32 Å². The molecule has 0 spiro atoms. The smallest absolute Gasteiger partial charge is 0.251 e. The topological polar surface area (TPSA) is 67.8 Å². The van der Waals surface area contributed by atoms with E-state index in [9.17, 15) is 9.59 Å². The summed E-state index contributed by atoms with van der Waals surface area (Å²) in [6.07, 6.45) is 8.83. The minimum Gasteiger partial charge on any atom is -0.497 e. The summed E-state index contributed by atoms with van der Waals surface area (Å²) < 4.78 is 5.12. The molecule has 26 heavy (non-hydrogen) atoms. The van der Waals surface area contributed by atoms with Crippen molar-refractivity contribution in [1.29, 1.82) is 0 Å². The van der Waals surface area contributed by atoms with Gasteiger partial charge in [0, 0.05) is 17.2 Å². The van der Waals surface area contributed by atoms with Gasteiger partial charge in [0.05, 0.1) is 19.2 Å². The highest BCUT2D eigenvalue weighted by Crippen LogP contribution is 2.39. The molecule has 5 nitrogen and oxygen atoms in total.